The first-order chi connectivity index (χ1) is 4.63. The van der Waals surface area contributed by atoms with Gasteiger partial charge in [0.2, 0.25) is 0 Å². The molecule has 2 nitrogen and oxygen atoms in total. The normalized spacial score (nSPS) is 11.6. The second-order valence-electron chi connectivity index (χ2n) is 2.08. The summed E-state index contributed by atoms with van der Waals surface area (Å²) < 4.78 is 11.9. The fourth-order valence-corrected chi connectivity index (χ4v) is 0.554. The van der Waals surface area contributed by atoms with E-state index in [1.54, 1.807) is 0 Å². The van der Waals surface area contributed by atoms with E-state index in [0.29, 0.717) is 12.8 Å². The molecule has 0 aliphatic carbocycles. The zero-order valence-electron chi connectivity index (χ0n) is 5.93. The number of carboxylic acid groups (broad SMARTS) is 1. The Morgan fingerprint density at radius 3 is 2.70 bits per heavy atom. The maximum absolute atomic E-state index is 11.9. The molecule has 0 radical (unpaired) electrons. The average molecular weight is 146 g/mol. The quantitative estimate of drug-likeness (QED) is 0.617. The van der Waals surface area contributed by atoms with E-state index in [1.807, 2.05) is 0 Å². The second kappa shape index (κ2) is 4.97. The number of allylic oxidation sites excluding steroid dienone is 2. The first-order valence-electron chi connectivity index (χ1n) is 3.17. The molecule has 0 saturated heterocycles. The van der Waals surface area contributed by atoms with Crippen LogP contribution in [-0.2, 0) is 4.79 Å². The van der Waals surface area contributed by atoms with Crippen molar-refractivity contribution in [2.24, 2.45) is 0 Å². The Bertz CT molecular complexity index is 137. The molecule has 0 aromatic heterocycles. The van der Waals surface area contributed by atoms with Crippen LogP contribution < -0.4 is 0 Å². The molecule has 0 unspecified atom stereocenters. The molecule has 1 N–H and O–H groups in total. The van der Waals surface area contributed by atoms with E-state index in [2.05, 4.69) is 0 Å². The standard InChI is InChI=1S/C7H11FO2/c1-6(8)4-2-3-5-7(9)10/h4H,2-3,5H2,1H3,(H,9,10)/b6-4-. The van der Waals surface area contributed by atoms with Gasteiger partial charge in [-0.2, -0.15) is 0 Å². The topological polar surface area (TPSA) is 37.3 Å². The first kappa shape index (κ1) is 9.14. The Hall–Kier alpha value is -0.860. The Morgan fingerprint density at radius 2 is 2.30 bits per heavy atom. The van der Waals surface area contributed by atoms with Crippen LogP contribution in [-0.4, -0.2) is 11.1 Å². The van der Waals surface area contributed by atoms with Crippen molar-refractivity contribution in [3.8, 4) is 0 Å². The SMILES string of the molecule is C/C(F)=C/CCCC(=O)O. The van der Waals surface area contributed by atoms with Crippen LogP contribution in [0.2, 0.25) is 0 Å². The van der Waals surface area contributed by atoms with Gasteiger partial charge in [-0.15, -0.1) is 0 Å². The number of carbonyl (C=O) groups is 1. The predicted octanol–water partition coefficient (Wildman–Crippen LogP) is 2.11. The lowest BCUT2D eigenvalue weighted by molar-refractivity contribution is -0.137. The Labute approximate surface area is 59.4 Å². The van der Waals surface area contributed by atoms with E-state index in [1.165, 1.54) is 13.0 Å². The number of halogens is 1. The van der Waals surface area contributed by atoms with Crippen LogP contribution in [0, 0.1) is 0 Å². The van der Waals surface area contributed by atoms with Gasteiger partial charge in [-0.3, -0.25) is 4.79 Å². The number of hydrogen-bond donors (Lipinski definition) is 1. The van der Waals surface area contributed by atoms with Gasteiger partial charge in [0.1, 0.15) is 0 Å². The monoisotopic (exact) mass is 146 g/mol. The van der Waals surface area contributed by atoms with Gasteiger partial charge < -0.3 is 5.11 Å². The molecule has 0 aliphatic rings. The summed E-state index contributed by atoms with van der Waals surface area (Å²) in [5.41, 5.74) is 0. The Morgan fingerprint density at radius 1 is 1.70 bits per heavy atom. The summed E-state index contributed by atoms with van der Waals surface area (Å²) in [7, 11) is 0. The molecule has 0 bridgehead atoms. The van der Waals surface area contributed by atoms with Gasteiger partial charge in [-0.25, -0.2) is 4.39 Å². The van der Waals surface area contributed by atoms with Gasteiger partial charge in [0.15, 0.2) is 0 Å². The molecular weight excluding hydrogens is 135 g/mol. The summed E-state index contributed by atoms with van der Waals surface area (Å²) in [4.78, 5) is 9.93. The zero-order chi connectivity index (χ0) is 7.98. The second-order valence-corrected chi connectivity index (χ2v) is 2.08. The van der Waals surface area contributed by atoms with Crippen molar-refractivity contribution in [2.45, 2.75) is 26.2 Å². The van der Waals surface area contributed by atoms with Crippen LogP contribution in [0.25, 0.3) is 0 Å². The Kier molecular flexibility index (Phi) is 4.54. The third-order valence-corrected chi connectivity index (χ3v) is 1.02. The number of unbranched alkanes of at least 4 members (excludes halogenated alkanes) is 1. The Balaban J connectivity index is 3.21. The van der Waals surface area contributed by atoms with Crippen LogP contribution in [0.15, 0.2) is 11.9 Å². The third kappa shape index (κ3) is 7.14. The van der Waals surface area contributed by atoms with Gasteiger partial charge in [-0.05, 0) is 19.8 Å². The van der Waals surface area contributed by atoms with Crippen molar-refractivity contribution >= 4 is 5.97 Å². The van der Waals surface area contributed by atoms with E-state index in [9.17, 15) is 9.18 Å². The number of hydrogen-bond acceptors (Lipinski definition) is 1. The van der Waals surface area contributed by atoms with Crippen molar-refractivity contribution < 1.29 is 14.3 Å². The number of carboxylic acids is 1. The predicted molar refractivity (Wildman–Crippen MR) is 36.4 cm³/mol. The van der Waals surface area contributed by atoms with Crippen LogP contribution >= 0.6 is 0 Å². The minimum atomic E-state index is -0.829. The maximum Gasteiger partial charge on any atom is 0.303 e. The van der Waals surface area contributed by atoms with Gasteiger partial charge in [0.25, 0.3) is 0 Å². The lowest BCUT2D eigenvalue weighted by Crippen LogP contribution is -1.92. The van der Waals surface area contributed by atoms with E-state index in [0.717, 1.165) is 0 Å². The molecule has 0 fully saturated rings. The lowest BCUT2D eigenvalue weighted by Gasteiger charge is -1.89. The van der Waals surface area contributed by atoms with Crippen LogP contribution in [0.4, 0.5) is 4.39 Å². The molecule has 0 saturated carbocycles. The highest BCUT2D eigenvalue weighted by atomic mass is 19.1. The summed E-state index contributed by atoms with van der Waals surface area (Å²) in [5, 5.41) is 8.16. The highest BCUT2D eigenvalue weighted by Gasteiger charge is 1.93. The van der Waals surface area contributed by atoms with Crippen LogP contribution in [0.3, 0.4) is 0 Å². The minimum absolute atomic E-state index is 0.115. The molecule has 3 heteroatoms. The fraction of sp³-hybridized carbons (Fsp3) is 0.571. The van der Waals surface area contributed by atoms with Crippen LogP contribution in [0.5, 0.6) is 0 Å². The van der Waals surface area contributed by atoms with Crippen molar-refractivity contribution in [3.63, 3.8) is 0 Å². The van der Waals surface area contributed by atoms with Crippen LogP contribution in [0.1, 0.15) is 26.2 Å². The molecule has 0 aromatic rings. The van der Waals surface area contributed by atoms with Gasteiger partial charge in [0, 0.05) is 6.42 Å². The molecule has 0 spiro atoms. The molecule has 0 aromatic carbocycles. The molecule has 58 valence electrons. The highest BCUT2D eigenvalue weighted by molar-refractivity contribution is 5.66. The summed E-state index contributed by atoms with van der Waals surface area (Å²) in [6, 6.07) is 0. The molecule has 10 heavy (non-hydrogen) atoms. The number of rotatable bonds is 4. The molecular formula is C7H11FO2. The first-order valence-corrected chi connectivity index (χ1v) is 3.17. The smallest absolute Gasteiger partial charge is 0.303 e. The maximum atomic E-state index is 11.9. The van der Waals surface area contributed by atoms with E-state index in [4.69, 9.17) is 5.11 Å². The minimum Gasteiger partial charge on any atom is -0.481 e. The molecule has 0 amide bonds. The van der Waals surface area contributed by atoms with Gasteiger partial charge in [-0.1, -0.05) is 6.08 Å². The highest BCUT2D eigenvalue weighted by Crippen LogP contribution is 2.01. The molecule has 0 rings (SSSR count). The van der Waals surface area contributed by atoms with Crippen molar-refractivity contribution in [3.05, 3.63) is 11.9 Å². The number of aliphatic carboxylic acids is 1. The summed E-state index contributed by atoms with van der Waals surface area (Å²) >= 11 is 0. The van der Waals surface area contributed by atoms with E-state index in [-0.39, 0.29) is 12.2 Å². The fourth-order valence-electron chi connectivity index (χ4n) is 0.554. The molecule has 0 atom stereocenters. The van der Waals surface area contributed by atoms with Gasteiger partial charge in [0.05, 0.1) is 5.83 Å². The van der Waals surface area contributed by atoms with E-state index >= 15 is 0 Å². The average Bonchev–Trinajstić information content (AvgIpc) is 1.79. The summed E-state index contributed by atoms with van der Waals surface area (Å²) in [5.74, 6) is -1.07. The van der Waals surface area contributed by atoms with E-state index < -0.39 is 5.97 Å². The largest absolute Gasteiger partial charge is 0.481 e. The summed E-state index contributed by atoms with van der Waals surface area (Å²) in [6.07, 6.45) is 2.53. The van der Waals surface area contributed by atoms with Crippen molar-refractivity contribution in [1.82, 2.24) is 0 Å². The lowest BCUT2D eigenvalue weighted by atomic mass is 10.2. The van der Waals surface area contributed by atoms with Gasteiger partial charge >= 0.3 is 5.97 Å². The zero-order valence-corrected chi connectivity index (χ0v) is 5.93. The summed E-state index contributed by atoms with van der Waals surface area (Å²) in [6.45, 7) is 1.35. The van der Waals surface area contributed by atoms with Crippen molar-refractivity contribution in [1.29, 1.82) is 0 Å². The van der Waals surface area contributed by atoms with Crippen molar-refractivity contribution in [2.75, 3.05) is 0 Å². The third-order valence-electron chi connectivity index (χ3n) is 1.02. The molecule has 0 heterocycles. The molecule has 0 aliphatic heterocycles.